The van der Waals surface area contributed by atoms with Gasteiger partial charge in [-0.2, -0.15) is 5.10 Å². The summed E-state index contributed by atoms with van der Waals surface area (Å²) < 4.78 is 0. The van der Waals surface area contributed by atoms with Gasteiger partial charge in [0.15, 0.2) is 0 Å². The minimum atomic E-state index is 0.164. The first-order valence-corrected chi connectivity index (χ1v) is 8.37. The van der Waals surface area contributed by atoms with Crippen LogP contribution in [-0.2, 0) is 6.54 Å². The van der Waals surface area contributed by atoms with Crippen molar-refractivity contribution in [1.29, 1.82) is 0 Å². The Hall–Kier alpha value is -1.56. The molecule has 1 atom stereocenters. The maximum Gasteiger partial charge on any atom is 0.148 e. The number of thiazole rings is 1. The summed E-state index contributed by atoms with van der Waals surface area (Å²) in [5.41, 5.74) is 2.45. The fraction of sp³-hybridized carbons (Fsp3) is 0.600. The van der Waals surface area contributed by atoms with Crippen LogP contribution in [0.4, 0.5) is 0 Å². The molecule has 21 heavy (non-hydrogen) atoms. The lowest BCUT2D eigenvalue weighted by Crippen LogP contribution is -2.38. The number of rotatable bonds is 3. The van der Waals surface area contributed by atoms with E-state index in [0.717, 1.165) is 29.4 Å². The molecule has 1 fully saturated rings. The number of amidine groups is 1. The van der Waals surface area contributed by atoms with Gasteiger partial charge in [0.2, 0.25) is 0 Å². The maximum absolute atomic E-state index is 4.86. The van der Waals surface area contributed by atoms with Gasteiger partial charge in [-0.3, -0.25) is 9.98 Å². The third kappa shape index (κ3) is 2.52. The van der Waals surface area contributed by atoms with Gasteiger partial charge in [-0.1, -0.05) is 0 Å². The molecule has 1 saturated carbocycles. The van der Waals surface area contributed by atoms with E-state index in [0.29, 0.717) is 12.5 Å². The van der Waals surface area contributed by atoms with Gasteiger partial charge < -0.3 is 0 Å². The SMILES string of the molecule is Cc1nc(C)c(CN=C2CC(C3CC3)=NC3CC=NN23)s1. The second-order valence-corrected chi connectivity index (χ2v) is 7.19. The Morgan fingerprint density at radius 2 is 2.24 bits per heavy atom. The van der Waals surface area contributed by atoms with Crippen molar-refractivity contribution in [3.63, 3.8) is 0 Å². The number of nitrogens with zero attached hydrogens (tertiary/aromatic N) is 5. The molecule has 110 valence electrons. The highest BCUT2D eigenvalue weighted by Crippen LogP contribution is 2.35. The van der Waals surface area contributed by atoms with Crippen molar-refractivity contribution in [3.05, 3.63) is 15.6 Å². The summed E-state index contributed by atoms with van der Waals surface area (Å²) in [6.45, 7) is 4.82. The van der Waals surface area contributed by atoms with E-state index < -0.39 is 0 Å². The molecule has 1 unspecified atom stereocenters. The van der Waals surface area contributed by atoms with E-state index in [9.17, 15) is 0 Å². The maximum atomic E-state index is 4.86. The molecule has 0 aromatic carbocycles. The minimum Gasteiger partial charge on any atom is -0.266 e. The zero-order valence-corrected chi connectivity index (χ0v) is 13.2. The fourth-order valence-corrected chi connectivity index (χ4v) is 3.77. The number of fused-ring (bicyclic) bond motifs is 1. The summed E-state index contributed by atoms with van der Waals surface area (Å²) in [7, 11) is 0. The van der Waals surface area contributed by atoms with E-state index in [4.69, 9.17) is 9.98 Å². The van der Waals surface area contributed by atoms with Crippen LogP contribution in [0.25, 0.3) is 0 Å². The predicted octanol–water partition coefficient (Wildman–Crippen LogP) is 2.93. The monoisotopic (exact) mass is 301 g/mol. The highest BCUT2D eigenvalue weighted by molar-refractivity contribution is 7.11. The second-order valence-electron chi connectivity index (χ2n) is 5.90. The van der Waals surface area contributed by atoms with Crippen molar-refractivity contribution >= 4 is 29.1 Å². The molecule has 2 aliphatic heterocycles. The van der Waals surface area contributed by atoms with Gasteiger partial charge in [-0.15, -0.1) is 11.3 Å². The van der Waals surface area contributed by atoms with Crippen molar-refractivity contribution < 1.29 is 0 Å². The summed E-state index contributed by atoms with van der Waals surface area (Å²) in [5.74, 6) is 1.79. The van der Waals surface area contributed by atoms with E-state index in [-0.39, 0.29) is 6.17 Å². The quantitative estimate of drug-likeness (QED) is 0.862. The van der Waals surface area contributed by atoms with E-state index in [1.807, 2.05) is 18.1 Å². The van der Waals surface area contributed by atoms with Crippen molar-refractivity contribution in [2.24, 2.45) is 21.0 Å². The molecule has 3 aliphatic rings. The average Bonchev–Trinajstić information content (AvgIpc) is 3.11. The molecular weight excluding hydrogens is 282 g/mol. The minimum absolute atomic E-state index is 0.164. The molecule has 1 aliphatic carbocycles. The highest BCUT2D eigenvalue weighted by atomic mass is 32.1. The number of aliphatic imine (C=N–C) groups is 2. The molecule has 3 heterocycles. The molecule has 0 N–H and O–H groups in total. The Balaban J connectivity index is 1.57. The summed E-state index contributed by atoms with van der Waals surface area (Å²) in [4.78, 5) is 15.4. The molecule has 0 amide bonds. The molecular formula is C15H19N5S. The number of hydrogen-bond acceptors (Lipinski definition) is 5. The zero-order valence-electron chi connectivity index (χ0n) is 12.4. The number of aromatic nitrogens is 1. The van der Waals surface area contributed by atoms with Crippen molar-refractivity contribution in [3.8, 4) is 0 Å². The highest BCUT2D eigenvalue weighted by Gasteiger charge is 2.36. The average molecular weight is 301 g/mol. The first kappa shape index (κ1) is 13.1. The third-order valence-corrected chi connectivity index (χ3v) is 5.23. The predicted molar refractivity (Wildman–Crippen MR) is 86.2 cm³/mol. The van der Waals surface area contributed by atoms with Crippen LogP contribution in [0.15, 0.2) is 15.1 Å². The van der Waals surface area contributed by atoms with Gasteiger partial charge >= 0.3 is 0 Å². The number of hydrazone groups is 1. The molecule has 0 spiro atoms. The van der Waals surface area contributed by atoms with Gasteiger partial charge in [0.1, 0.15) is 12.0 Å². The van der Waals surface area contributed by atoms with E-state index in [1.54, 1.807) is 11.3 Å². The van der Waals surface area contributed by atoms with Crippen LogP contribution in [0.1, 0.15) is 41.3 Å². The fourth-order valence-electron chi connectivity index (χ4n) is 2.91. The van der Waals surface area contributed by atoms with Gasteiger partial charge in [-0.25, -0.2) is 9.99 Å². The Morgan fingerprint density at radius 1 is 1.38 bits per heavy atom. The van der Waals surface area contributed by atoms with Gasteiger partial charge in [0, 0.05) is 29.6 Å². The smallest absolute Gasteiger partial charge is 0.148 e. The molecule has 4 rings (SSSR count). The summed E-state index contributed by atoms with van der Waals surface area (Å²) in [6, 6.07) is 0. The van der Waals surface area contributed by atoms with Crippen LogP contribution in [0.5, 0.6) is 0 Å². The molecule has 5 nitrogen and oxygen atoms in total. The Kier molecular flexibility index (Phi) is 3.14. The first-order chi connectivity index (χ1) is 10.2. The lowest BCUT2D eigenvalue weighted by molar-refractivity contribution is 0.356. The Labute approximate surface area is 128 Å². The summed E-state index contributed by atoms with van der Waals surface area (Å²) in [6.07, 6.45) is 6.50. The molecule has 1 aromatic heterocycles. The van der Waals surface area contributed by atoms with Gasteiger partial charge in [-0.05, 0) is 32.6 Å². The summed E-state index contributed by atoms with van der Waals surface area (Å²) in [5, 5.41) is 7.57. The van der Waals surface area contributed by atoms with Crippen LogP contribution in [0.3, 0.4) is 0 Å². The molecule has 6 heteroatoms. The Morgan fingerprint density at radius 3 is 2.95 bits per heavy atom. The van der Waals surface area contributed by atoms with Crippen molar-refractivity contribution in [2.45, 2.75) is 52.2 Å². The van der Waals surface area contributed by atoms with Gasteiger partial charge in [0.25, 0.3) is 0 Å². The van der Waals surface area contributed by atoms with E-state index >= 15 is 0 Å². The van der Waals surface area contributed by atoms with E-state index in [2.05, 4.69) is 17.0 Å². The zero-order chi connectivity index (χ0) is 14.4. The summed E-state index contributed by atoms with van der Waals surface area (Å²) >= 11 is 1.74. The topological polar surface area (TPSA) is 53.2 Å². The number of aryl methyl sites for hydroxylation is 2. The first-order valence-electron chi connectivity index (χ1n) is 7.55. The van der Waals surface area contributed by atoms with Crippen LogP contribution in [-0.4, -0.2) is 33.9 Å². The van der Waals surface area contributed by atoms with Crippen LogP contribution in [0.2, 0.25) is 0 Å². The van der Waals surface area contributed by atoms with Crippen LogP contribution < -0.4 is 0 Å². The molecule has 0 bridgehead atoms. The van der Waals surface area contributed by atoms with Crippen molar-refractivity contribution in [2.75, 3.05) is 0 Å². The lowest BCUT2D eigenvalue weighted by atomic mass is 10.1. The van der Waals surface area contributed by atoms with Crippen LogP contribution in [0, 0.1) is 19.8 Å². The largest absolute Gasteiger partial charge is 0.266 e. The Bertz CT molecular complexity index is 653. The normalized spacial score (nSPS) is 26.4. The molecule has 1 aromatic rings. The van der Waals surface area contributed by atoms with E-state index in [1.165, 1.54) is 23.4 Å². The van der Waals surface area contributed by atoms with Crippen molar-refractivity contribution in [1.82, 2.24) is 9.99 Å². The lowest BCUT2D eigenvalue weighted by Gasteiger charge is -2.28. The second kappa shape index (κ2) is 5.02. The number of hydrogen-bond donors (Lipinski definition) is 0. The standard InChI is InChI=1S/C15H19N5S/c1-9-13(21-10(2)18-9)8-16-15-7-12(11-3-4-11)19-14-5-6-17-20(14)15/h6,11,14H,3-5,7-8H2,1-2H3. The van der Waals surface area contributed by atoms with Gasteiger partial charge in [0.05, 0.1) is 17.2 Å². The molecule has 0 saturated heterocycles. The third-order valence-electron chi connectivity index (χ3n) is 4.18. The molecule has 0 radical (unpaired) electrons. The van der Waals surface area contributed by atoms with Crippen LogP contribution >= 0.6 is 11.3 Å².